The smallest absolute Gasteiger partial charge is 0.325 e. The number of carbonyl (C=O) groups is 3. The van der Waals surface area contributed by atoms with Gasteiger partial charge in [0.2, 0.25) is 5.91 Å². The average Bonchev–Trinajstić information content (AvgIpc) is 3.23. The molecule has 26 heavy (non-hydrogen) atoms. The second-order valence-electron chi connectivity index (χ2n) is 5.94. The largest absolute Gasteiger partial charge is 0.467 e. The third-order valence-corrected chi connectivity index (χ3v) is 4.38. The van der Waals surface area contributed by atoms with Gasteiger partial charge in [0, 0.05) is 0 Å². The second kappa shape index (κ2) is 6.99. The van der Waals surface area contributed by atoms with E-state index in [1.165, 1.54) is 30.5 Å². The lowest BCUT2D eigenvalue weighted by Gasteiger charge is -2.25. The molecule has 1 saturated heterocycles. The van der Waals surface area contributed by atoms with Crippen LogP contribution in [0.25, 0.3) is 0 Å². The van der Waals surface area contributed by atoms with Crippen LogP contribution in [-0.4, -0.2) is 29.3 Å². The molecule has 2 heterocycles. The van der Waals surface area contributed by atoms with Gasteiger partial charge in [-0.1, -0.05) is 19.1 Å². The zero-order valence-electron chi connectivity index (χ0n) is 14.1. The maximum atomic E-state index is 13.2. The van der Waals surface area contributed by atoms with Crippen molar-refractivity contribution in [1.82, 2.24) is 15.5 Å². The van der Waals surface area contributed by atoms with E-state index in [0.717, 1.165) is 4.90 Å². The van der Waals surface area contributed by atoms with E-state index in [1.54, 1.807) is 19.1 Å². The molecule has 0 unspecified atom stereocenters. The molecule has 136 valence electrons. The molecule has 1 aromatic heterocycles. The molecule has 2 aromatic rings. The van der Waals surface area contributed by atoms with E-state index in [4.69, 9.17) is 4.42 Å². The summed E-state index contributed by atoms with van der Waals surface area (Å²) in [7, 11) is 0. The lowest BCUT2D eigenvalue weighted by Crippen LogP contribution is -2.44. The minimum atomic E-state index is -1.30. The first-order chi connectivity index (χ1) is 12.5. The predicted molar refractivity (Wildman–Crippen MR) is 89.2 cm³/mol. The predicted octanol–water partition coefficient (Wildman–Crippen LogP) is 1.89. The van der Waals surface area contributed by atoms with Gasteiger partial charge in [-0.25, -0.2) is 9.18 Å². The van der Waals surface area contributed by atoms with Crippen molar-refractivity contribution >= 4 is 17.8 Å². The van der Waals surface area contributed by atoms with Gasteiger partial charge >= 0.3 is 6.03 Å². The van der Waals surface area contributed by atoms with Gasteiger partial charge in [-0.2, -0.15) is 0 Å². The molecule has 1 atom stereocenters. The fraction of sp³-hybridized carbons (Fsp3) is 0.278. The zero-order valence-corrected chi connectivity index (χ0v) is 14.1. The van der Waals surface area contributed by atoms with Crippen molar-refractivity contribution in [2.24, 2.45) is 0 Å². The molecule has 1 aromatic carbocycles. The summed E-state index contributed by atoms with van der Waals surface area (Å²) < 4.78 is 18.3. The Hall–Kier alpha value is -3.16. The molecular formula is C18H18FN3O4. The first-order valence-corrected chi connectivity index (χ1v) is 8.15. The summed E-state index contributed by atoms with van der Waals surface area (Å²) in [6.07, 6.45) is 1.75. The molecule has 1 aliphatic rings. The van der Waals surface area contributed by atoms with E-state index in [0.29, 0.717) is 11.3 Å². The molecule has 1 fully saturated rings. The van der Waals surface area contributed by atoms with Gasteiger partial charge in [-0.05, 0) is 36.2 Å². The number of rotatable bonds is 6. The Kier molecular flexibility index (Phi) is 4.75. The zero-order chi connectivity index (χ0) is 18.7. The van der Waals surface area contributed by atoms with Gasteiger partial charge in [0.15, 0.2) is 0 Å². The van der Waals surface area contributed by atoms with E-state index >= 15 is 0 Å². The van der Waals surface area contributed by atoms with E-state index in [2.05, 4.69) is 10.6 Å². The number of carbonyl (C=O) groups excluding carboxylic acids is 3. The van der Waals surface area contributed by atoms with Crippen LogP contribution in [0.15, 0.2) is 47.1 Å². The highest BCUT2D eigenvalue weighted by atomic mass is 19.1. The Morgan fingerprint density at radius 3 is 2.62 bits per heavy atom. The fourth-order valence-corrected chi connectivity index (χ4v) is 2.94. The molecule has 3 rings (SSSR count). The summed E-state index contributed by atoms with van der Waals surface area (Å²) in [5.74, 6) is -0.906. The third-order valence-electron chi connectivity index (χ3n) is 4.38. The van der Waals surface area contributed by atoms with E-state index < -0.39 is 35.7 Å². The van der Waals surface area contributed by atoms with Crippen LogP contribution in [0.3, 0.4) is 0 Å². The van der Waals surface area contributed by atoms with Crippen LogP contribution in [0.4, 0.5) is 9.18 Å². The number of nitrogens with one attached hydrogen (secondary N) is 2. The highest BCUT2D eigenvalue weighted by molar-refractivity contribution is 6.09. The Morgan fingerprint density at radius 1 is 1.27 bits per heavy atom. The molecule has 0 saturated carbocycles. The number of furan rings is 1. The van der Waals surface area contributed by atoms with Crippen LogP contribution in [0.2, 0.25) is 0 Å². The first kappa shape index (κ1) is 17.7. The second-order valence-corrected chi connectivity index (χ2v) is 5.94. The van der Waals surface area contributed by atoms with Crippen LogP contribution < -0.4 is 10.6 Å². The topological polar surface area (TPSA) is 91.7 Å². The molecule has 0 bridgehead atoms. The number of amides is 4. The highest BCUT2D eigenvalue weighted by Gasteiger charge is 2.51. The summed E-state index contributed by atoms with van der Waals surface area (Å²) in [4.78, 5) is 38.1. The van der Waals surface area contributed by atoms with E-state index in [9.17, 15) is 18.8 Å². The first-order valence-electron chi connectivity index (χ1n) is 8.15. The molecule has 7 nitrogen and oxygen atoms in total. The minimum absolute atomic E-state index is 0.159. The number of imide groups is 1. The van der Waals surface area contributed by atoms with Crippen molar-refractivity contribution in [3.05, 3.63) is 59.8 Å². The van der Waals surface area contributed by atoms with Gasteiger partial charge in [-0.3, -0.25) is 14.5 Å². The maximum absolute atomic E-state index is 13.2. The lowest BCUT2D eigenvalue weighted by molar-refractivity contribution is -0.135. The van der Waals surface area contributed by atoms with Crippen LogP contribution >= 0.6 is 0 Å². The van der Waals surface area contributed by atoms with Crippen molar-refractivity contribution in [2.45, 2.75) is 25.4 Å². The van der Waals surface area contributed by atoms with E-state index in [-0.39, 0.29) is 13.0 Å². The number of hydrogen-bond donors (Lipinski definition) is 2. The quantitative estimate of drug-likeness (QED) is 0.771. The van der Waals surface area contributed by atoms with Gasteiger partial charge in [-0.15, -0.1) is 0 Å². The molecule has 2 N–H and O–H groups in total. The van der Waals surface area contributed by atoms with Crippen molar-refractivity contribution in [1.29, 1.82) is 0 Å². The number of benzene rings is 1. The van der Waals surface area contributed by atoms with Crippen LogP contribution in [0, 0.1) is 5.82 Å². The number of halogens is 1. The maximum Gasteiger partial charge on any atom is 0.325 e. The summed E-state index contributed by atoms with van der Waals surface area (Å²) in [5, 5.41) is 5.23. The van der Waals surface area contributed by atoms with E-state index in [1.807, 2.05) is 0 Å². The number of nitrogens with zero attached hydrogens (tertiary/aromatic N) is 1. The van der Waals surface area contributed by atoms with Crippen molar-refractivity contribution in [3.63, 3.8) is 0 Å². The third kappa shape index (κ3) is 3.17. The summed E-state index contributed by atoms with van der Waals surface area (Å²) in [5.41, 5.74) is -0.829. The lowest BCUT2D eigenvalue weighted by atomic mass is 9.87. The highest BCUT2D eigenvalue weighted by Crippen LogP contribution is 2.32. The Balaban J connectivity index is 1.73. The Morgan fingerprint density at radius 2 is 2.00 bits per heavy atom. The Labute approximate surface area is 149 Å². The van der Waals surface area contributed by atoms with Gasteiger partial charge in [0.25, 0.3) is 5.91 Å². The average molecular weight is 359 g/mol. The SMILES string of the molecule is CC[C@@]1(c2ccc(F)cc2)NC(=O)N(CC(=O)NCc2ccco2)C1=O. The molecule has 0 radical (unpaired) electrons. The molecule has 4 amide bonds. The van der Waals surface area contributed by atoms with Crippen LogP contribution in [-0.2, 0) is 21.7 Å². The minimum Gasteiger partial charge on any atom is -0.467 e. The molecule has 8 heteroatoms. The normalized spacial score (nSPS) is 19.5. The standard InChI is InChI=1S/C18H18FN3O4/c1-2-18(12-5-7-13(19)8-6-12)16(24)22(17(25)21-18)11-15(23)20-10-14-4-3-9-26-14/h3-9H,2,10-11H2,1H3,(H,20,23)(H,21,25)/t18-/m0/s1. The number of hydrogen-bond acceptors (Lipinski definition) is 4. The van der Waals surface area contributed by atoms with Crippen molar-refractivity contribution < 1.29 is 23.2 Å². The van der Waals surface area contributed by atoms with Gasteiger partial charge in [0.1, 0.15) is 23.7 Å². The van der Waals surface area contributed by atoms with Crippen LogP contribution in [0.1, 0.15) is 24.7 Å². The summed E-state index contributed by atoms with van der Waals surface area (Å²) in [6.45, 7) is 1.49. The van der Waals surface area contributed by atoms with Crippen molar-refractivity contribution in [3.8, 4) is 0 Å². The fourth-order valence-electron chi connectivity index (χ4n) is 2.94. The summed E-state index contributed by atoms with van der Waals surface area (Å²) in [6, 6.07) is 8.10. The van der Waals surface area contributed by atoms with Gasteiger partial charge in [0.05, 0.1) is 12.8 Å². The molecular weight excluding hydrogens is 341 g/mol. The monoisotopic (exact) mass is 359 g/mol. The van der Waals surface area contributed by atoms with Crippen LogP contribution in [0.5, 0.6) is 0 Å². The molecule has 0 spiro atoms. The molecule has 1 aliphatic heterocycles. The van der Waals surface area contributed by atoms with Gasteiger partial charge < -0.3 is 15.1 Å². The van der Waals surface area contributed by atoms with Crippen molar-refractivity contribution in [2.75, 3.05) is 6.54 Å². The summed E-state index contributed by atoms with van der Waals surface area (Å²) >= 11 is 0. The Bertz CT molecular complexity index is 819. The number of urea groups is 1. The molecule has 0 aliphatic carbocycles.